The summed E-state index contributed by atoms with van der Waals surface area (Å²) in [6, 6.07) is 1.47. The Morgan fingerprint density at radius 1 is 1.64 bits per heavy atom. The Morgan fingerprint density at radius 2 is 2.43 bits per heavy atom. The van der Waals surface area contributed by atoms with E-state index < -0.39 is 5.95 Å². The highest BCUT2D eigenvalue weighted by Gasteiger charge is 2.00. The van der Waals surface area contributed by atoms with Gasteiger partial charge in [-0.25, -0.2) is 4.98 Å². The monoisotopic (exact) mass is 212 g/mol. The topological polar surface area (TPSA) is 24.9 Å². The van der Waals surface area contributed by atoms with E-state index in [4.69, 9.17) is 11.6 Å². The molecule has 0 bridgehead atoms. The molecule has 1 heterocycles. The van der Waals surface area contributed by atoms with Gasteiger partial charge in [-0.05, 0) is 13.1 Å². The Morgan fingerprint density at radius 3 is 3.14 bits per heavy atom. The first-order chi connectivity index (χ1) is 6.74. The molecule has 0 unspecified atom stereocenters. The van der Waals surface area contributed by atoms with Crippen LogP contribution in [0.15, 0.2) is 12.3 Å². The lowest BCUT2D eigenvalue weighted by Crippen LogP contribution is -2.05. The van der Waals surface area contributed by atoms with Gasteiger partial charge in [0.15, 0.2) is 0 Å². The fourth-order valence-electron chi connectivity index (χ4n) is 0.855. The normalized spacial score (nSPS) is 9.36. The Labute approximate surface area is 87.5 Å². The zero-order valence-electron chi connectivity index (χ0n) is 7.77. The van der Waals surface area contributed by atoms with Crippen molar-refractivity contribution in [3.63, 3.8) is 0 Å². The summed E-state index contributed by atoms with van der Waals surface area (Å²) in [4.78, 5) is 3.46. The molecule has 0 aromatic carbocycles. The van der Waals surface area contributed by atoms with Crippen molar-refractivity contribution in [1.82, 2.24) is 10.3 Å². The third-order valence-electron chi connectivity index (χ3n) is 1.53. The van der Waals surface area contributed by atoms with E-state index in [9.17, 15) is 4.39 Å². The molecule has 1 rings (SSSR count). The van der Waals surface area contributed by atoms with Crippen LogP contribution in [-0.2, 0) is 0 Å². The van der Waals surface area contributed by atoms with Crippen molar-refractivity contribution in [2.75, 3.05) is 13.6 Å². The van der Waals surface area contributed by atoms with Crippen LogP contribution < -0.4 is 5.32 Å². The average molecular weight is 213 g/mol. The molecule has 0 saturated heterocycles. The second kappa shape index (κ2) is 5.58. The van der Waals surface area contributed by atoms with Crippen LogP contribution in [0.25, 0.3) is 0 Å². The molecular formula is C10H10ClFN2. The van der Waals surface area contributed by atoms with Gasteiger partial charge in [0.1, 0.15) is 0 Å². The van der Waals surface area contributed by atoms with E-state index >= 15 is 0 Å². The van der Waals surface area contributed by atoms with Crippen LogP contribution in [-0.4, -0.2) is 18.6 Å². The van der Waals surface area contributed by atoms with Crippen molar-refractivity contribution in [3.8, 4) is 11.8 Å². The number of aromatic nitrogens is 1. The molecule has 0 atom stereocenters. The van der Waals surface area contributed by atoms with Crippen molar-refractivity contribution < 1.29 is 4.39 Å². The summed E-state index contributed by atoms with van der Waals surface area (Å²) >= 11 is 5.65. The lowest BCUT2D eigenvalue weighted by molar-refractivity contribution is 0.580. The molecule has 0 fully saturated rings. The molecule has 0 radical (unpaired) electrons. The second-order valence-corrected chi connectivity index (χ2v) is 3.08. The maximum atomic E-state index is 13.0. The van der Waals surface area contributed by atoms with Crippen LogP contribution in [0.1, 0.15) is 12.0 Å². The largest absolute Gasteiger partial charge is 0.319 e. The molecule has 74 valence electrons. The molecule has 1 aromatic heterocycles. The van der Waals surface area contributed by atoms with Crippen molar-refractivity contribution in [3.05, 3.63) is 28.8 Å². The minimum absolute atomic E-state index is 0.244. The molecule has 1 N–H and O–H groups in total. The summed E-state index contributed by atoms with van der Waals surface area (Å²) in [5.41, 5.74) is 0.244. The third-order valence-corrected chi connectivity index (χ3v) is 1.74. The van der Waals surface area contributed by atoms with E-state index in [0.29, 0.717) is 11.4 Å². The van der Waals surface area contributed by atoms with E-state index in [0.717, 1.165) is 6.54 Å². The Balaban J connectivity index is 2.73. The van der Waals surface area contributed by atoms with E-state index in [-0.39, 0.29) is 5.56 Å². The maximum absolute atomic E-state index is 13.0. The Hall–Kier alpha value is -1.11. The van der Waals surface area contributed by atoms with Gasteiger partial charge in [0.2, 0.25) is 5.95 Å². The molecule has 0 spiro atoms. The highest BCUT2D eigenvalue weighted by molar-refractivity contribution is 6.30. The summed E-state index contributed by atoms with van der Waals surface area (Å²) < 4.78 is 13.0. The number of pyridine rings is 1. The van der Waals surface area contributed by atoms with Crippen molar-refractivity contribution in [2.24, 2.45) is 0 Å². The fraction of sp³-hybridized carbons (Fsp3) is 0.300. The number of nitrogens with one attached hydrogen (secondary N) is 1. The zero-order chi connectivity index (χ0) is 10.4. The van der Waals surface area contributed by atoms with Gasteiger partial charge in [-0.15, -0.1) is 0 Å². The van der Waals surface area contributed by atoms with Gasteiger partial charge in [-0.2, -0.15) is 4.39 Å². The summed E-state index contributed by atoms with van der Waals surface area (Å²) in [5.74, 6) is 4.92. The van der Waals surface area contributed by atoms with Crippen molar-refractivity contribution in [2.45, 2.75) is 6.42 Å². The summed E-state index contributed by atoms with van der Waals surface area (Å²) in [5, 5.41) is 3.33. The minimum Gasteiger partial charge on any atom is -0.319 e. The van der Waals surface area contributed by atoms with Crippen LogP contribution in [0.3, 0.4) is 0 Å². The molecule has 0 amide bonds. The zero-order valence-corrected chi connectivity index (χ0v) is 8.53. The minimum atomic E-state index is -0.577. The molecule has 1 aromatic rings. The van der Waals surface area contributed by atoms with Gasteiger partial charge < -0.3 is 5.32 Å². The SMILES string of the molecule is CNCCC#Cc1cc(Cl)cnc1F. The predicted molar refractivity (Wildman–Crippen MR) is 54.6 cm³/mol. The van der Waals surface area contributed by atoms with E-state index in [1.807, 2.05) is 7.05 Å². The predicted octanol–water partition coefficient (Wildman–Crippen LogP) is 1.84. The quantitative estimate of drug-likeness (QED) is 0.460. The maximum Gasteiger partial charge on any atom is 0.228 e. The van der Waals surface area contributed by atoms with E-state index in [2.05, 4.69) is 22.1 Å². The van der Waals surface area contributed by atoms with Gasteiger partial charge in [0, 0.05) is 19.2 Å². The molecule has 0 aliphatic carbocycles. The van der Waals surface area contributed by atoms with Gasteiger partial charge in [-0.3, -0.25) is 0 Å². The number of hydrogen-bond acceptors (Lipinski definition) is 2. The summed E-state index contributed by atoms with van der Waals surface area (Å²) in [7, 11) is 1.84. The second-order valence-electron chi connectivity index (χ2n) is 2.65. The molecule has 2 nitrogen and oxygen atoms in total. The van der Waals surface area contributed by atoms with E-state index in [1.54, 1.807) is 0 Å². The number of nitrogens with zero attached hydrogens (tertiary/aromatic N) is 1. The fourth-order valence-corrected chi connectivity index (χ4v) is 1.01. The Kier molecular flexibility index (Phi) is 4.37. The lowest BCUT2D eigenvalue weighted by Gasteiger charge is -1.93. The third kappa shape index (κ3) is 3.33. The van der Waals surface area contributed by atoms with Crippen LogP contribution >= 0.6 is 11.6 Å². The molecule has 0 aliphatic rings. The summed E-state index contributed by atoms with van der Waals surface area (Å²) in [6.45, 7) is 0.780. The van der Waals surface area contributed by atoms with Gasteiger partial charge in [0.05, 0.1) is 10.6 Å². The first kappa shape index (κ1) is 11.0. The highest BCUT2D eigenvalue weighted by atomic mass is 35.5. The number of halogens is 2. The van der Waals surface area contributed by atoms with Crippen molar-refractivity contribution in [1.29, 1.82) is 0 Å². The smallest absolute Gasteiger partial charge is 0.228 e. The van der Waals surface area contributed by atoms with Crippen LogP contribution in [0, 0.1) is 17.8 Å². The van der Waals surface area contributed by atoms with E-state index in [1.165, 1.54) is 12.3 Å². The van der Waals surface area contributed by atoms with Gasteiger partial charge in [0.25, 0.3) is 0 Å². The Bertz CT molecular complexity index is 368. The molecule has 0 aliphatic heterocycles. The molecular weight excluding hydrogens is 203 g/mol. The van der Waals surface area contributed by atoms with Crippen LogP contribution in [0.4, 0.5) is 4.39 Å². The van der Waals surface area contributed by atoms with Crippen molar-refractivity contribution >= 4 is 11.6 Å². The standard InChI is InChI=1S/C10H10ClFN2/c1-13-5-3-2-4-8-6-9(11)7-14-10(8)12/h6-7,13H,3,5H2,1H3. The van der Waals surface area contributed by atoms with Gasteiger partial charge in [-0.1, -0.05) is 23.4 Å². The van der Waals surface area contributed by atoms with Crippen LogP contribution in [0.2, 0.25) is 5.02 Å². The molecule has 14 heavy (non-hydrogen) atoms. The average Bonchev–Trinajstić information content (AvgIpc) is 2.18. The highest BCUT2D eigenvalue weighted by Crippen LogP contribution is 2.10. The first-order valence-electron chi connectivity index (χ1n) is 4.18. The first-order valence-corrected chi connectivity index (χ1v) is 4.56. The number of rotatable bonds is 2. The lowest BCUT2D eigenvalue weighted by atomic mass is 10.2. The van der Waals surface area contributed by atoms with Gasteiger partial charge >= 0.3 is 0 Å². The van der Waals surface area contributed by atoms with Crippen LogP contribution in [0.5, 0.6) is 0 Å². The number of hydrogen-bond donors (Lipinski definition) is 1. The molecule has 4 heteroatoms. The summed E-state index contributed by atoms with van der Waals surface area (Å²) in [6.07, 6.45) is 1.93. The molecule has 0 saturated carbocycles.